The van der Waals surface area contributed by atoms with Crippen LogP contribution >= 0.6 is 11.9 Å². The van der Waals surface area contributed by atoms with Crippen LogP contribution in [0.2, 0.25) is 0 Å². The van der Waals surface area contributed by atoms with Crippen molar-refractivity contribution in [1.82, 2.24) is 0 Å². The number of allylic oxidation sites excluding steroid dienone is 2. The molecule has 1 heterocycles. The Morgan fingerprint density at radius 2 is 1.85 bits per heavy atom. The number of hydrogen-bond acceptors (Lipinski definition) is 4. The molecule has 1 atom stereocenters. The molecule has 2 N–H and O–H groups in total. The van der Waals surface area contributed by atoms with E-state index < -0.39 is 23.5 Å². The van der Waals surface area contributed by atoms with E-state index in [1.807, 2.05) is 25.3 Å². The number of nitrogens with one attached hydrogen (secondary N) is 1. The monoisotopic (exact) mass is 576 g/mol. The molecule has 0 saturated carbocycles. The number of hydrogen-bond donors (Lipinski definition) is 2. The van der Waals surface area contributed by atoms with Crippen LogP contribution < -0.4 is 9.62 Å². The third-order valence-electron chi connectivity index (χ3n) is 8.32. The van der Waals surface area contributed by atoms with Crippen LogP contribution in [0.3, 0.4) is 0 Å². The number of rotatable bonds is 6. The van der Waals surface area contributed by atoms with Crippen LogP contribution in [0.25, 0.3) is 16.7 Å². The van der Waals surface area contributed by atoms with Gasteiger partial charge in [-0.3, -0.25) is 9.59 Å². The standard InChI is InChI=1S/C33H34F2N2O3S/c1-18-25(17-30(38)39)27(20-10-12-33(3,4)13-11-20)16-28-23-9-7-22(15-26(23)19(2)37(41-5)31(18)28)36-32(40)24-8-6-21(34)14-29(24)35/h6-10,14-16,19H,11-13,17H2,1-5H3,(H,36,40)(H,38,39)/t19-/m0/s1. The fourth-order valence-corrected chi connectivity index (χ4v) is 6.84. The Balaban J connectivity index is 1.62. The van der Waals surface area contributed by atoms with Gasteiger partial charge in [-0.1, -0.05) is 37.9 Å². The molecule has 0 unspecified atom stereocenters. The van der Waals surface area contributed by atoms with Crippen LogP contribution in [0.15, 0.2) is 48.5 Å². The number of halogens is 2. The first-order chi connectivity index (χ1) is 19.4. The molecule has 0 aromatic heterocycles. The van der Waals surface area contributed by atoms with Gasteiger partial charge in [-0.2, -0.15) is 0 Å². The van der Waals surface area contributed by atoms with Crippen molar-refractivity contribution in [1.29, 1.82) is 0 Å². The van der Waals surface area contributed by atoms with Crippen molar-refractivity contribution in [3.63, 3.8) is 0 Å². The lowest BCUT2D eigenvalue weighted by Crippen LogP contribution is -2.26. The van der Waals surface area contributed by atoms with E-state index in [0.717, 1.165) is 70.5 Å². The van der Waals surface area contributed by atoms with Crippen LogP contribution in [0.1, 0.15) is 78.7 Å². The maximum atomic E-state index is 14.2. The molecule has 0 saturated heterocycles. The Bertz CT molecular complexity index is 1600. The highest BCUT2D eigenvalue weighted by molar-refractivity contribution is 8.00. The third-order valence-corrected chi connectivity index (χ3v) is 9.21. The summed E-state index contributed by atoms with van der Waals surface area (Å²) in [4.78, 5) is 24.8. The Labute approximate surface area is 243 Å². The summed E-state index contributed by atoms with van der Waals surface area (Å²) in [5.41, 5.74) is 8.48. The number of anilines is 2. The highest BCUT2D eigenvalue weighted by Gasteiger charge is 2.33. The van der Waals surface area contributed by atoms with Gasteiger partial charge in [0.15, 0.2) is 0 Å². The van der Waals surface area contributed by atoms with E-state index >= 15 is 0 Å². The predicted molar refractivity (Wildman–Crippen MR) is 162 cm³/mol. The summed E-state index contributed by atoms with van der Waals surface area (Å²) in [6.45, 7) is 8.59. The van der Waals surface area contributed by atoms with Crippen LogP contribution in [0, 0.1) is 24.0 Å². The summed E-state index contributed by atoms with van der Waals surface area (Å²) in [6, 6.07) is 10.6. The molecule has 3 aromatic rings. The molecular formula is C33H34F2N2O3S. The van der Waals surface area contributed by atoms with Gasteiger partial charge in [-0.05, 0) is 102 Å². The van der Waals surface area contributed by atoms with Crippen LogP contribution in [-0.4, -0.2) is 23.2 Å². The van der Waals surface area contributed by atoms with E-state index in [0.29, 0.717) is 11.8 Å². The minimum absolute atomic E-state index is 0.0520. The molecule has 0 spiro atoms. The first-order valence-electron chi connectivity index (χ1n) is 13.7. The van der Waals surface area contributed by atoms with Gasteiger partial charge in [-0.15, -0.1) is 0 Å². The highest BCUT2D eigenvalue weighted by atomic mass is 32.2. The molecular weight excluding hydrogens is 542 g/mol. The Hall–Kier alpha value is -3.65. The third kappa shape index (κ3) is 5.49. The second kappa shape index (κ2) is 11.0. The first kappa shape index (κ1) is 28.9. The lowest BCUT2D eigenvalue weighted by atomic mass is 9.75. The van der Waals surface area contributed by atoms with Crippen molar-refractivity contribution in [2.45, 2.75) is 59.4 Å². The number of fused-ring (bicyclic) bond motifs is 3. The lowest BCUT2D eigenvalue weighted by Gasteiger charge is -2.39. The molecule has 3 aromatic carbocycles. The van der Waals surface area contributed by atoms with Crippen molar-refractivity contribution in [3.05, 3.63) is 88.0 Å². The molecule has 1 aliphatic carbocycles. The summed E-state index contributed by atoms with van der Waals surface area (Å²) in [6.07, 6.45) is 7.06. The molecule has 8 heteroatoms. The molecule has 214 valence electrons. The van der Waals surface area contributed by atoms with Crippen LogP contribution in [0.5, 0.6) is 0 Å². The predicted octanol–water partition coefficient (Wildman–Crippen LogP) is 8.57. The van der Waals surface area contributed by atoms with E-state index in [2.05, 4.69) is 42.5 Å². The summed E-state index contributed by atoms with van der Waals surface area (Å²) >= 11 is 1.56. The molecule has 5 nitrogen and oxygen atoms in total. The fraction of sp³-hybridized carbons (Fsp3) is 0.333. The van der Waals surface area contributed by atoms with Gasteiger partial charge in [0.2, 0.25) is 0 Å². The van der Waals surface area contributed by atoms with E-state index in [9.17, 15) is 23.5 Å². The summed E-state index contributed by atoms with van der Waals surface area (Å²) in [7, 11) is 0. The van der Waals surface area contributed by atoms with E-state index in [1.54, 1.807) is 18.0 Å². The average molecular weight is 577 g/mol. The molecule has 2 aliphatic rings. The Morgan fingerprint density at radius 3 is 2.49 bits per heavy atom. The Morgan fingerprint density at radius 1 is 1.10 bits per heavy atom. The second-order valence-electron chi connectivity index (χ2n) is 11.7. The SMILES string of the molecule is CSN1c2c(cc(C3=CCC(C)(C)CC3)c(CC(=O)O)c2C)-c2ccc(NC(=O)c3ccc(F)cc3F)cc2[C@@H]1C. The summed E-state index contributed by atoms with van der Waals surface area (Å²) in [5, 5.41) is 12.6. The number of aliphatic carboxylic acids is 1. The van der Waals surface area contributed by atoms with Crippen molar-refractivity contribution in [3.8, 4) is 11.1 Å². The fourth-order valence-electron chi connectivity index (χ4n) is 6.00. The van der Waals surface area contributed by atoms with Crippen LogP contribution in [0.4, 0.5) is 20.2 Å². The van der Waals surface area contributed by atoms with Crippen molar-refractivity contribution < 1.29 is 23.5 Å². The van der Waals surface area contributed by atoms with E-state index in [1.165, 1.54) is 5.57 Å². The van der Waals surface area contributed by atoms with Gasteiger partial charge >= 0.3 is 5.97 Å². The molecule has 41 heavy (non-hydrogen) atoms. The zero-order valence-corrected chi connectivity index (χ0v) is 24.7. The van der Waals surface area contributed by atoms with Crippen molar-refractivity contribution in [2.75, 3.05) is 15.9 Å². The number of carbonyl (C=O) groups excluding carboxylic acids is 1. The van der Waals surface area contributed by atoms with Gasteiger partial charge in [0.05, 0.1) is 23.7 Å². The van der Waals surface area contributed by atoms with Gasteiger partial charge in [0, 0.05) is 23.6 Å². The average Bonchev–Trinajstić information content (AvgIpc) is 2.90. The number of carboxylic acids is 1. The summed E-state index contributed by atoms with van der Waals surface area (Å²) in [5.74, 6) is -3.18. The lowest BCUT2D eigenvalue weighted by molar-refractivity contribution is -0.136. The molecule has 0 radical (unpaired) electrons. The molecule has 1 amide bonds. The van der Waals surface area contributed by atoms with Crippen molar-refractivity contribution in [2.24, 2.45) is 5.41 Å². The smallest absolute Gasteiger partial charge is 0.307 e. The zero-order chi connectivity index (χ0) is 29.6. The van der Waals surface area contributed by atoms with E-state index in [4.69, 9.17) is 0 Å². The largest absolute Gasteiger partial charge is 0.481 e. The van der Waals surface area contributed by atoms with Crippen molar-refractivity contribution >= 4 is 40.8 Å². The normalized spacial score (nSPS) is 17.4. The molecule has 0 fully saturated rings. The minimum atomic E-state index is -0.920. The maximum absolute atomic E-state index is 14.2. The van der Waals surface area contributed by atoms with Gasteiger partial charge in [-0.25, -0.2) is 8.78 Å². The summed E-state index contributed by atoms with van der Waals surface area (Å²) < 4.78 is 29.8. The van der Waals surface area contributed by atoms with E-state index in [-0.39, 0.29) is 23.4 Å². The molecule has 5 rings (SSSR count). The van der Waals surface area contributed by atoms with Gasteiger partial charge < -0.3 is 14.7 Å². The van der Waals surface area contributed by atoms with Crippen LogP contribution in [-0.2, 0) is 11.2 Å². The quantitative estimate of drug-likeness (QED) is 0.288. The molecule has 0 bridgehead atoms. The highest BCUT2D eigenvalue weighted by Crippen LogP contribution is 2.52. The number of amides is 1. The zero-order valence-electron chi connectivity index (χ0n) is 23.9. The first-order valence-corrected chi connectivity index (χ1v) is 14.9. The Kier molecular flexibility index (Phi) is 7.72. The maximum Gasteiger partial charge on any atom is 0.307 e. The second-order valence-corrected chi connectivity index (χ2v) is 12.4. The minimum Gasteiger partial charge on any atom is -0.481 e. The number of carbonyl (C=O) groups is 2. The van der Waals surface area contributed by atoms with Gasteiger partial charge in [0.1, 0.15) is 11.6 Å². The topological polar surface area (TPSA) is 69.6 Å². The number of nitrogens with zero attached hydrogens (tertiary/aromatic N) is 1. The number of carboxylic acid groups (broad SMARTS) is 1. The van der Waals surface area contributed by atoms with Gasteiger partial charge in [0.25, 0.3) is 5.91 Å². The molecule has 1 aliphatic heterocycles. The number of benzene rings is 3.